The fourth-order valence-electron chi connectivity index (χ4n) is 5.92. The monoisotopic (exact) mass is 460 g/mol. The highest BCUT2D eigenvalue weighted by atomic mass is 16.5. The lowest BCUT2D eigenvalue weighted by atomic mass is 9.52. The minimum absolute atomic E-state index is 0.0162. The van der Waals surface area contributed by atoms with Crippen molar-refractivity contribution < 1.29 is 19.4 Å². The fraction of sp³-hybridized carbons (Fsp3) is 0.385. The third kappa shape index (κ3) is 3.36. The number of rotatable bonds is 5. The van der Waals surface area contributed by atoms with Crippen LogP contribution in [0.1, 0.15) is 43.5 Å². The minimum atomic E-state index is -0.497. The Morgan fingerprint density at radius 1 is 1.35 bits per heavy atom. The zero-order valence-corrected chi connectivity index (χ0v) is 19.3. The number of ether oxygens (including phenoxy) is 1. The molecule has 1 saturated carbocycles. The van der Waals surface area contributed by atoms with Crippen LogP contribution >= 0.6 is 0 Å². The number of fused-ring (bicyclic) bond motifs is 3. The molecule has 0 amide bonds. The molecule has 1 aromatic carbocycles. The zero-order valence-electron chi connectivity index (χ0n) is 19.3. The van der Waals surface area contributed by atoms with E-state index >= 15 is 0 Å². The number of hydrogen-bond donors (Lipinski definition) is 2. The average molecular weight is 461 g/mol. The highest BCUT2D eigenvalue weighted by molar-refractivity contribution is 5.98. The highest BCUT2D eigenvalue weighted by Gasteiger charge is 2.55. The second-order valence-electron chi connectivity index (χ2n) is 9.12. The number of Topliss-reactive ketones (excluding diaryl/α,β-unsaturated/α-hetero) is 1. The van der Waals surface area contributed by atoms with Crippen LogP contribution in [0.3, 0.4) is 0 Å². The molecule has 0 unspecified atom stereocenters. The molecular weight excluding hydrogens is 432 g/mol. The van der Waals surface area contributed by atoms with Gasteiger partial charge in [-0.2, -0.15) is 10.2 Å². The first-order valence-electron chi connectivity index (χ1n) is 11.7. The van der Waals surface area contributed by atoms with Gasteiger partial charge in [-0.25, -0.2) is 0 Å². The van der Waals surface area contributed by atoms with Gasteiger partial charge in [-0.3, -0.25) is 19.4 Å². The number of aromatic nitrogens is 4. The summed E-state index contributed by atoms with van der Waals surface area (Å²) in [5.74, 6) is -0.461. The summed E-state index contributed by atoms with van der Waals surface area (Å²) in [5.41, 5.74) is 4.76. The van der Waals surface area contributed by atoms with Gasteiger partial charge in [-0.05, 0) is 37.7 Å². The molecule has 0 aliphatic heterocycles. The molecule has 176 valence electrons. The van der Waals surface area contributed by atoms with Crippen molar-refractivity contribution >= 4 is 11.8 Å². The van der Waals surface area contributed by atoms with E-state index < -0.39 is 5.41 Å². The third-order valence-electron chi connectivity index (χ3n) is 7.40. The Labute approximate surface area is 197 Å². The normalized spacial score (nSPS) is 25.1. The first-order valence-corrected chi connectivity index (χ1v) is 11.7. The van der Waals surface area contributed by atoms with Crippen LogP contribution in [0.4, 0.5) is 0 Å². The fourth-order valence-corrected chi connectivity index (χ4v) is 5.92. The summed E-state index contributed by atoms with van der Waals surface area (Å²) in [5, 5.41) is 22.2. The molecular formula is C26H28N4O4. The summed E-state index contributed by atoms with van der Waals surface area (Å²) in [4.78, 5) is 24.8. The van der Waals surface area contributed by atoms with Crippen LogP contribution in [-0.2, 0) is 32.7 Å². The predicted octanol–water partition coefficient (Wildman–Crippen LogP) is 3.74. The number of esters is 1. The lowest BCUT2D eigenvalue weighted by Crippen LogP contribution is -2.50. The van der Waals surface area contributed by atoms with Gasteiger partial charge in [-0.15, -0.1) is 0 Å². The number of aromatic amines is 1. The Balaban J connectivity index is 1.61. The van der Waals surface area contributed by atoms with E-state index in [1.165, 1.54) is 0 Å². The zero-order chi connectivity index (χ0) is 23.9. The van der Waals surface area contributed by atoms with Crippen molar-refractivity contribution in [2.24, 2.45) is 11.8 Å². The van der Waals surface area contributed by atoms with E-state index in [0.29, 0.717) is 18.6 Å². The van der Waals surface area contributed by atoms with Crippen LogP contribution in [0.2, 0.25) is 0 Å². The van der Waals surface area contributed by atoms with Crippen LogP contribution in [0.15, 0.2) is 54.6 Å². The molecule has 8 heteroatoms. The molecule has 2 aliphatic carbocycles. The Morgan fingerprint density at radius 3 is 2.88 bits per heavy atom. The molecule has 5 rings (SSSR count). The molecule has 0 radical (unpaired) electrons. The van der Waals surface area contributed by atoms with Crippen LogP contribution in [0, 0.1) is 11.8 Å². The predicted molar refractivity (Wildman–Crippen MR) is 125 cm³/mol. The summed E-state index contributed by atoms with van der Waals surface area (Å²) in [7, 11) is 0. The maximum Gasteiger partial charge on any atom is 0.327 e. The van der Waals surface area contributed by atoms with Gasteiger partial charge in [0.25, 0.3) is 0 Å². The van der Waals surface area contributed by atoms with Gasteiger partial charge in [0, 0.05) is 34.2 Å². The summed E-state index contributed by atoms with van der Waals surface area (Å²) >= 11 is 0. The van der Waals surface area contributed by atoms with E-state index in [-0.39, 0.29) is 30.1 Å². The van der Waals surface area contributed by atoms with Gasteiger partial charge in [0.15, 0.2) is 5.78 Å². The average Bonchev–Trinajstić information content (AvgIpc) is 3.49. The summed E-state index contributed by atoms with van der Waals surface area (Å²) < 4.78 is 6.58. The van der Waals surface area contributed by atoms with Crippen molar-refractivity contribution in [3.63, 3.8) is 0 Å². The SMILES string of the molecule is CCOC(=O)Cn1cc(-c2n[nH]c3c2CC[C@H]2[C@H](C)C(=O)C(=CO)C[C@]32c2ccccc2)cn1. The molecule has 1 fully saturated rings. The van der Waals surface area contributed by atoms with Gasteiger partial charge in [0.2, 0.25) is 0 Å². The smallest absolute Gasteiger partial charge is 0.327 e. The largest absolute Gasteiger partial charge is 0.515 e. The lowest BCUT2D eigenvalue weighted by Gasteiger charge is -2.50. The molecule has 8 nitrogen and oxygen atoms in total. The molecule has 34 heavy (non-hydrogen) atoms. The molecule has 0 bridgehead atoms. The molecule has 2 aliphatic rings. The third-order valence-corrected chi connectivity index (χ3v) is 7.40. The quantitative estimate of drug-likeness (QED) is 0.341. The van der Waals surface area contributed by atoms with Crippen molar-refractivity contribution in [3.8, 4) is 11.3 Å². The van der Waals surface area contributed by atoms with Crippen molar-refractivity contribution in [2.45, 2.75) is 45.1 Å². The van der Waals surface area contributed by atoms with Crippen molar-refractivity contribution in [2.75, 3.05) is 6.61 Å². The van der Waals surface area contributed by atoms with Crippen molar-refractivity contribution in [1.29, 1.82) is 0 Å². The van der Waals surface area contributed by atoms with Crippen LogP contribution in [0.25, 0.3) is 11.3 Å². The van der Waals surface area contributed by atoms with Gasteiger partial charge in [0.05, 0.1) is 30.5 Å². The van der Waals surface area contributed by atoms with Gasteiger partial charge >= 0.3 is 5.97 Å². The summed E-state index contributed by atoms with van der Waals surface area (Å²) in [6.45, 7) is 4.11. The molecule has 0 saturated heterocycles. The Bertz CT molecular complexity index is 1260. The maximum atomic E-state index is 13.0. The lowest BCUT2D eigenvalue weighted by molar-refractivity contribution is -0.144. The van der Waals surface area contributed by atoms with Gasteiger partial charge < -0.3 is 9.84 Å². The topological polar surface area (TPSA) is 110 Å². The summed E-state index contributed by atoms with van der Waals surface area (Å²) in [6, 6.07) is 10.2. The number of hydrogen-bond acceptors (Lipinski definition) is 6. The van der Waals surface area contributed by atoms with E-state index in [2.05, 4.69) is 22.3 Å². The first kappa shape index (κ1) is 22.1. The first-order chi connectivity index (χ1) is 16.5. The second kappa shape index (κ2) is 8.59. The van der Waals surface area contributed by atoms with Gasteiger partial charge in [0.1, 0.15) is 6.54 Å². The molecule has 3 atom stereocenters. The Hall–Kier alpha value is -3.68. The van der Waals surface area contributed by atoms with Crippen LogP contribution in [-0.4, -0.2) is 43.4 Å². The second-order valence-corrected chi connectivity index (χ2v) is 9.12. The molecule has 2 aromatic heterocycles. The van der Waals surface area contributed by atoms with E-state index in [4.69, 9.17) is 9.84 Å². The van der Waals surface area contributed by atoms with Crippen molar-refractivity contribution in [1.82, 2.24) is 20.0 Å². The van der Waals surface area contributed by atoms with E-state index in [9.17, 15) is 14.7 Å². The number of nitrogens with zero attached hydrogens (tertiary/aromatic N) is 3. The minimum Gasteiger partial charge on any atom is -0.515 e. The number of carbonyl (C=O) groups excluding carboxylic acids is 2. The molecule has 3 aromatic rings. The van der Waals surface area contributed by atoms with Crippen LogP contribution < -0.4 is 0 Å². The van der Waals surface area contributed by atoms with Crippen molar-refractivity contribution in [3.05, 3.63) is 71.4 Å². The van der Waals surface area contributed by atoms with E-state index in [0.717, 1.165) is 47.2 Å². The number of aliphatic hydroxyl groups excluding tert-OH is 1. The van der Waals surface area contributed by atoms with E-state index in [1.54, 1.807) is 24.0 Å². The summed E-state index contributed by atoms with van der Waals surface area (Å²) in [6.07, 6.45) is 6.52. The molecule has 2 N–H and O–H groups in total. The Kier molecular flexibility index (Phi) is 5.59. The standard InChI is InChI=1S/C26H28N4O4/c1-3-34-22(32)14-30-13-18(12-27-30)23-20-9-10-21-16(2)24(33)17(15-31)11-26(21,25(20)29-28-23)19-7-5-4-6-8-19/h4-8,12-13,15-16,21,31H,3,9-11,14H2,1-2H3,(H,28,29)/t16-,21-,26+/m0/s1. The maximum absolute atomic E-state index is 13.0. The highest BCUT2D eigenvalue weighted by Crippen LogP contribution is 2.56. The molecule has 0 spiro atoms. The number of H-pyrrole nitrogens is 1. The number of allylic oxidation sites excluding steroid dienone is 1. The van der Waals surface area contributed by atoms with Crippen LogP contribution in [0.5, 0.6) is 0 Å². The number of carbonyl (C=O) groups is 2. The number of aliphatic hydroxyl groups is 1. The number of benzene rings is 1. The van der Waals surface area contributed by atoms with E-state index in [1.807, 2.05) is 25.1 Å². The Morgan fingerprint density at radius 2 is 2.15 bits per heavy atom. The molecule has 2 heterocycles. The van der Waals surface area contributed by atoms with Gasteiger partial charge in [-0.1, -0.05) is 37.3 Å². The number of ketones is 1. The number of nitrogens with one attached hydrogen (secondary N) is 1.